The van der Waals surface area contributed by atoms with E-state index in [2.05, 4.69) is 15.9 Å². The second kappa shape index (κ2) is 4.38. The molecule has 0 N–H and O–H groups in total. The topological polar surface area (TPSA) is 9.23 Å². The highest BCUT2D eigenvalue weighted by molar-refractivity contribution is 9.10. The van der Waals surface area contributed by atoms with Crippen molar-refractivity contribution in [2.24, 2.45) is 0 Å². The predicted molar refractivity (Wildman–Crippen MR) is 50.3 cm³/mol. The van der Waals surface area contributed by atoms with Crippen molar-refractivity contribution in [3.8, 4) is 5.75 Å². The van der Waals surface area contributed by atoms with E-state index in [9.17, 15) is 17.6 Å². The van der Waals surface area contributed by atoms with Crippen LogP contribution < -0.4 is 4.74 Å². The lowest BCUT2D eigenvalue weighted by molar-refractivity contribution is -0.140. The van der Waals surface area contributed by atoms with Gasteiger partial charge in [0.2, 0.25) is 0 Å². The van der Waals surface area contributed by atoms with E-state index in [0.717, 1.165) is 6.07 Å². The fourth-order valence-corrected chi connectivity index (χ4v) is 1.48. The van der Waals surface area contributed by atoms with E-state index < -0.39 is 17.6 Å². The molecule has 0 atom stereocenters. The maximum absolute atomic E-state index is 13.2. The van der Waals surface area contributed by atoms with Crippen LogP contribution in [-0.4, -0.2) is 6.61 Å². The largest absolute Gasteiger partial charge is 0.493 e. The third-order valence-electron chi connectivity index (χ3n) is 1.65. The number of ether oxygens (including phenoxy) is 1. The Morgan fingerprint density at radius 3 is 2.40 bits per heavy atom. The molecule has 0 heterocycles. The molecule has 0 saturated heterocycles. The van der Waals surface area contributed by atoms with E-state index in [0.29, 0.717) is 6.07 Å². The highest BCUT2D eigenvalue weighted by Gasteiger charge is 2.35. The molecular formula is C9H7BrF4O. The lowest BCUT2D eigenvalue weighted by Crippen LogP contribution is -2.09. The van der Waals surface area contributed by atoms with Gasteiger partial charge in [0.25, 0.3) is 0 Å². The molecular weight excluding hydrogens is 280 g/mol. The summed E-state index contributed by atoms with van der Waals surface area (Å²) >= 11 is 2.72. The molecule has 1 rings (SSSR count). The summed E-state index contributed by atoms with van der Waals surface area (Å²) in [6.45, 7) is 1.91. The zero-order valence-corrected chi connectivity index (χ0v) is 9.25. The molecule has 1 nitrogen and oxygen atoms in total. The third kappa shape index (κ3) is 2.62. The van der Waals surface area contributed by atoms with Gasteiger partial charge in [0.05, 0.1) is 16.6 Å². The first-order chi connectivity index (χ1) is 6.88. The molecule has 1 aromatic carbocycles. The predicted octanol–water partition coefficient (Wildman–Crippen LogP) is 4.01. The van der Waals surface area contributed by atoms with Gasteiger partial charge in [-0.05, 0) is 35.0 Å². The van der Waals surface area contributed by atoms with Crippen molar-refractivity contribution in [2.45, 2.75) is 13.1 Å². The molecule has 0 fully saturated rings. The van der Waals surface area contributed by atoms with Gasteiger partial charge < -0.3 is 4.74 Å². The molecule has 0 unspecified atom stereocenters. The van der Waals surface area contributed by atoms with Crippen LogP contribution in [0.3, 0.4) is 0 Å². The van der Waals surface area contributed by atoms with Gasteiger partial charge in [-0.25, -0.2) is 4.39 Å². The maximum atomic E-state index is 13.2. The Hall–Kier alpha value is -0.780. The van der Waals surface area contributed by atoms with Crippen LogP contribution in [0.15, 0.2) is 16.6 Å². The molecule has 84 valence electrons. The Morgan fingerprint density at radius 2 is 1.93 bits per heavy atom. The van der Waals surface area contributed by atoms with Crippen molar-refractivity contribution >= 4 is 15.9 Å². The summed E-state index contributed by atoms with van der Waals surface area (Å²) in [5.41, 5.74) is -1.31. The van der Waals surface area contributed by atoms with E-state index >= 15 is 0 Å². The summed E-state index contributed by atoms with van der Waals surface area (Å²) in [7, 11) is 0. The first-order valence-corrected chi connectivity index (χ1v) is 4.85. The average molecular weight is 287 g/mol. The number of alkyl halides is 3. The molecule has 0 amide bonds. The van der Waals surface area contributed by atoms with E-state index in [1.807, 2.05) is 0 Å². The third-order valence-corrected chi connectivity index (χ3v) is 2.39. The summed E-state index contributed by atoms with van der Waals surface area (Å²) in [5, 5.41) is 0. The summed E-state index contributed by atoms with van der Waals surface area (Å²) in [6, 6.07) is 1.74. The van der Waals surface area contributed by atoms with Gasteiger partial charge in [-0.1, -0.05) is 0 Å². The Labute approximate surface area is 92.2 Å². The van der Waals surface area contributed by atoms with Gasteiger partial charge in [0, 0.05) is 0 Å². The fourth-order valence-electron chi connectivity index (χ4n) is 1.02. The van der Waals surface area contributed by atoms with Gasteiger partial charge >= 0.3 is 6.18 Å². The highest BCUT2D eigenvalue weighted by atomic mass is 79.9. The van der Waals surface area contributed by atoms with Crippen LogP contribution in [0.1, 0.15) is 12.5 Å². The highest BCUT2D eigenvalue weighted by Crippen LogP contribution is 2.37. The summed E-state index contributed by atoms with van der Waals surface area (Å²) < 4.78 is 54.6. The molecule has 0 bridgehead atoms. The lowest BCUT2D eigenvalue weighted by atomic mass is 10.2. The Balaban J connectivity index is 3.21. The maximum Gasteiger partial charge on any atom is 0.419 e. The number of hydrogen-bond acceptors (Lipinski definition) is 1. The van der Waals surface area contributed by atoms with E-state index in [1.54, 1.807) is 6.92 Å². The molecule has 0 radical (unpaired) electrons. The Kier molecular flexibility index (Phi) is 3.59. The molecule has 0 aliphatic rings. The summed E-state index contributed by atoms with van der Waals surface area (Å²) in [6.07, 6.45) is -4.70. The average Bonchev–Trinajstić information content (AvgIpc) is 2.11. The minimum Gasteiger partial charge on any atom is -0.493 e. The van der Waals surface area contributed by atoms with Crippen LogP contribution in [0, 0.1) is 5.82 Å². The van der Waals surface area contributed by atoms with Gasteiger partial charge in [0.1, 0.15) is 5.75 Å². The second-order valence-corrected chi connectivity index (χ2v) is 3.46. The van der Waals surface area contributed by atoms with E-state index in [4.69, 9.17) is 4.74 Å². The molecule has 15 heavy (non-hydrogen) atoms. The van der Waals surface area contributed by atoms with Crippen LogP contribution in [-0.2, 0) is 6.18 Å². The van der Waals surface area contributed by atoms with E-state index in [-0.39, 0.29) is 16.8 Å². The Bertz CT molecular complexity index is 362. The molecule has 0 aliphatic heterocycles. The minimum atomic E-state index is -4.70. The van der Waals surface area contributed by atoms with Crippen LogP contribution in [0.2, 0.25) is 0 Å². The zero-order chi connectivity index (χ0) is 11.6. The van der Waals surface area contributed by atoms with Crippen molar-refractivity contribution in [2.75, 3.05) is 6.61 Å². The quantitative estimate of drug-likeness (QED) is 0.747. The first kappa shape index (κ1) is 12.3. The van der Waals surface area contributed by atoms with Crippen molar-refractivity contribution in [1.29, 1.82) is 0 Å². The van der Waals surface area contributed by atoms with Crippen molar-refractivity contribution in [3.63, 3.8) is 0 Å². The molecule has 0 saturated carbocycles. The van der Waals surface area contributed by atoms with E-state index in [1.165, 1.54) is 0 Å². The Morgan fingerprint density at radius 1 is 1.33 bits per heavy atom. The van der Waals surface area contributed by atoms with Crippen molar-refractivity contribution in [3.05, 3.63) is 28.0 Å². The molecule has 0 spiro atoms. The summed E-state index contributed by atoms with van der Waals surface area (Å²) in [4.78, 5) is 0. The molecule has 0 aliphatic carbocycles. The van der Waals surface area contributed by atoms with Crippen LogP contribution in [0.5, 0.6) is 5.75 Å². The van der Waals surface area contributed by atoms with Gasteiger partial charge in [0.15, 0.2) is 5.82 Å². The van der Waals surface area contributed by atoms with Gasteiger partial charge in [-0.2, -0.15) is 13.2 Å². The van der Waals surface area contributed by atoms with Crippen LogP contribution in [0.4, 0.5) is 17.6 Å². The standard InChI is InChI=1S/C9H7BrF4O/c1-2-15-6-4-3-5(9(12,13)14)8(11)7(6)10/h3-4H,2H2,1H3. The smallest absolute Gasteiger partial charge is 0.419 e. The van der Waals surface area contributed by atoms with Crippen molar-refractivity contribution < 1.29 is 22.3 Å². The fraction of sp³-hybridized carbons (Fsp3) is 0.333. The van der Waals surface area contributed by atoms with Gasteiger partial charge in [-0.3, -0.25) is 0 Å². The van der Waals surface area contributed by atoms with Crippen LogP contribution >= 0.6 is 15.9 Å². The number of rotatable bonds is 2. The monoisotopic (exact) mass is 286 g/mol. The SMILES string of the molecule is CCOc1ccc(C(F)(F)F)c(F)c1Br. The molecule has 1 aromatic rings. The normalized spacial score (nSPS) is 11.6. The summed E-state index contributed by atoms with van der Waals surface area (Å²) in [5.74, 6) is -1.29. The lowest BCUT2D eigenvalue weighted by Gasteiger charge is -2.12. The molecule has 6 heteroatoms. The number of hydrogen-bond donors (Lipinski definition) is 0. The number of benzene rings is 1. The first-order valence-electron chi connectivity index (χ1n) is 4.06. The van der Waals surface area contributed by atoms with Crippen LogP contribution in [0.25, 0.3) is 0 Å². The second-order valence-electron chi connectivity index (χ2n) is 2.67. The minimum absolute atomic E-state index is 0.0583. The van der Waals surface area contributed by atoms with Crippen molar-refractivity contribution in [1.82, 2.24) is 0 Å². The van der Waals surface area contributed by atoms with Gasteiger partial charge in [-0.15, -0.1) is 0 Å². The molecule has 0 aromatic heterocycles. The zero-order valence-electron chi connectivity index (χ0n) is 7.66. The number of halogens is 5.